The Morgan fingerprint density at radius 3 is 2.75 bits per heavy atom. The molecule has 0 spiro atoms. The molecule has 3 N–H and O–H groups in total. The molecule has 24 heavy (non-hydrogen) atoms. The number of carbonyl (C=O) groups excluding carboxylic acids is 2. The molecule has 6 nitrogen and oxygen atoms in total. The quantitative estimate of drug-likeness (QED) is 0.605. The first kappa shape index (κ1) is 18.0. The number of unbranched alkanes of at least 4 members (excludes halogenated alkanes) is 2. The molecule has 1 atom stereocenters. The van der Waals surface area contributed by atoms with Gasteiger partial charge in [0, 0.05) is 31.0 Å². The summed E-state index contributed by atoms with van der Waals surface area (Å²) >= 11 is 0. The fourth-order valence-electron chi connectivity index (χ4n) is 2.85. The van der Waals surface area contributed by atoms with Gasteiger partial charge in [0.2, 0.25) is 11.8 Å². The number of fused-ring (bicyclic) bond motifs is 1. The number of benzene rings is 1. The lowest BCUT2D eigenvalue weighted by molar-refractivity contribution is -0.137. The van der Waals surface area contributed by atoms with Crippen molar-refractivity contribution in [3.8, 4) is 0 Å². The molecule has 2 rings (SSSR count). The van der Waals surface area contributed by atoms with Crippen molar-refractivity contribution in [3.05, 3.63) is 29.8 Å². The van der Waals surface area contributed by atoms with Crippen molar-refractivity contribution in [2.75, 3.05) is 11.9 Å². The summed E-state index contributed by atoms with van der Waals surface area (Å²) in [6, 6.07) is 7.73. The predicted octanol–water partition coefficient (Wildman–Crippen LogP) is 2.34. The van der Waals surface area contributed by atoms with E-state index in [9.17, 15) is 14.4 Å². The lowest BCUT2D eigenvalue weighted by atomic mass is 9.89. The molecule has 0 fully saturated rings. The summed E-state index contributed by atoms with van der Waals surface area (Å²) in [5, 5.41) is 14.2. The van der Waals surface area contributed by atoms with E-state index in [1.807, 2.05) is 24.3 Å². The standard InChI is InChI=1S/C18H24N2O4/c21-16(19-11-5-1-2-8-17(22)23)10-9-14-12-13-6-3-4-7-15(13)20-18(14)24/h3-4,6-7,14H,1-2,5,8-12H2,(H,19,21)(H,20,24)(H,22,23). The normalized spacial score (nSPS) is 16.2. The lowest BCUT2D eigenvalue weighted by Crippen LogP contribution is -2.32. The van der Waals surface area contributed by atoms with Gasteiger partial charge in [-0.25, -0.2) is 0 Å². The van der Waals surface area contributed by atoms with Crippen molar-refractivity contribution in [1.29, 1.82) is 0 Å². The fraction of sp³-hybridized carbons (Fsp3) is 0.500. The van der Waals surface area contributed by atoms with Gasteiger partial charge in [-0.1, -0.05) is 24.6 Å². The van der Waals surface area contributed by atoms with Gasteiger partial charge in [-0.15, -0.1) is 0 Å². The van der Waals surface area contributed by atoms with Gasteiger partial charge in [0.15, 0.2) is 0 Å². The van der Waals surface area contributed by atoms with Crippen LogP contribution in [0, 0.1) is 5.92 Å². The third-order valence-electron chi connectivity index (χ3n) is 4.22. The van der Waals surface area contributed by atoms with Crippen LogP contribution in [-0.4, -0.2) is 29.4 Å². The largest absolute Gasteiger partial charge is 0.481 e. The molecule has 0 aromatic heterocycles. The van der Waals surface area contributed by atoms with E-state index in [-0.39, 0.29) is 24.2 Å². The molecule has 0 aliphatic carbocycles. The van der Waals surface area contributed by atoms with Gasteiger partial charge in [-0.05, 0) is 37.3 Å². The van der Waals surface area contributed by atoms with E-state index < -0.39 is 5.97 Å². The second kappa shape index (κ2) is 9.05. The van der Waals surface area contributed by atoms with Crippen LogP contribution in [0.4, 0.5) is 5.69 Å². The number of rotatable bonds is 9. The Bertz CT molecular complexity index is 600. The van der Waals surface area contributed by atoms with Crippen molar-refractivity contribution in [1.82, 2.24) is 5.32 Å². The molecule has 1 aliphatic heterocycles. The molecule has 0 radical (unpaired) electrons. The Morgan fingerprint density at radius 1 is 1.17 bits per heavy atom. The Labute approximate surface area is 141 Å². The van der Waals surface area contributed by atoms with Crippen LogP contribution in [0.5, 0.6) is 0 Å². The van der Waals surface area contributed by atoms with Crippen LogP contribution >= 0.6 is 0 Å². The van der Waals surface area contributed by atoms with Gasteiger partial charge in [-0.2, -0.15) is 0 Å². The van der Waals surface area contributed by atoms with Crippen LogP contribution in [0.1, 0.15) is 44.1 Å². The predicted molar refractivity (Wildman–Crippen MR) is 90.6 cm³/mol. The summed E-state index contributed by atoms with van der Waals surface area (Å²) in [7, 11) is 0. The highest BCUT2D eigenvalue weighted by Crippen LogP contribution is 2.27. The van der Waals surface area contributed by atoms with Gasteiger partial charge in [0.1, 0.15) is 0 Å². The van der Waals surface area contributed by atoms with Crippen LogP contribution in [0.15, 0.2) is 24.3 Å². The number of hydrogen-bond acceptors (Lipinski definition) is 3. The minimum Gasteiger partial charge on any atom is -0.481 e. The third kappa shape index (κ3) is 5.68. The fourth-order valence-corrected chi connectivity index (χ4v) is 2.85. The number of amides is 2. The van der Waals surface area contributed by atoms with Crippen LogP contribution in [-0.2, 0) is 20.8 Å². The molecule has 1 aromatic carbocycles. The Morgan fingerprint density at radius 2 is 1.96 bits per heavy atom. The number of para-hydroxylation sites is 1. The molecule has 2 amide bonds. The average molecular weight is 332 g/mol. The van der Waals surface area contributed by atoms with Crippen LogP contribution in [0.2, 0.25) is 0 Å². The molecule has 0 bridgehead atoms. The molecular weight excluding hydrogens is 308 g/mol. The van der Waals surface area contributed by atoms with Crippen LogP contribution in [0.25, 0.3) is 0 Å². The lowest BCUT2D eigenvalue weighted by Gasteiger charge is -2.24. The van der Waals surface area contributed by atoms with E-state index in [1.165, 1.54) is 0 Å². The van der Waals surface area contributed by atoms with E-state index in [2.05, 4.69) is 10.6 Å². The second-order valence-corrected chi connectivity index (χ2v) is 6.14. The molecule has 1 heterocycles. The molecule has 0 saturated heterocycles. The summed E-state index contributed by atoms with van der Waals surface area (Å²) in [6.45, 7) is 0.554. The summed E-state index contributed by atoms with van der Waals surface area (Å²) in [4.78, 5) is 34.3. The monoisotopic (exact) mass is 332 g/mol. The van der Waals surface area contributed by atoms with E-state index in [1.54, 1.807) is 0 Å². The molecule has 130 valence electrons. The molecule has 6 heteroatoms. The Balaban J connectivity index is 1.63. The number of carboxylic acids is 1. The number of carboxylic acid groups (broad SMARTS) is 1. The van der Waals surface area contributed by atoms with E-state index in [4.69, 9.17) is 5.11 Å². The smallest absolute Gasteiger partial charge is 0.303 e. The maximum Gasteiger partial charge on any atom is 0.303 e. The highest BCUT2D eigenvalue weighted by Gasteiger charge is 2.26. The van der Waals surface area contributed by atoms with Gasteiger partial charge in [-0.3, -0.25) is 14.4 Å². The van der Waals surface area contributed by atoms with Crippen LogP contribution < -0.4 is 10.6 Å². The van der Waals surface area contributed by atoms with Gasteiger partial charge >= 0.3 is 5.97 Å². The zero-order valence-electron chi connectivity index (χ0n) is 13.7. The first-order chi connectivity index (χ1) is 11.6. The van der Waals surface area contributed by atoms with Crippen molar-refractivity contribution < 1.29 is 19.5 Å². The highest BCUT2D eigenvalue weighted by atomic mass is 16.4. The average Bonchev–Trinajstić information content (AvgIpc) is 2.55. The number of anilines is 1. The topological polar surface area (TPSA) is 95.5 Å². The molecule has 0 saturated carbocycles. The maximum absolute atomic E-state index is 12.1. The maximum atomic E-state index is 12.1. The van der Waals surface area contributed by atoms with E-state index >= 15 is 0 Å². The summed E-state index contributed by atoms with van der Waals surface area (Å²) in [6.07, 6.45) is 3.90. The van der Waals surface area contributed by atoms with E-state index in [0.29, 0.717) is 32.2 Å². The van der Waals surface area contributed by atoms with Gasteiger partial charge < -0.3 is 15.7 Å². The minimum absolute atomic E-state index is 0.0184. The Hall–Kier alpha value is -2.37. The summed E-state index contributed by atoms with van der Waals surface area (Å²) in [5.74, 6) is -1.03. The highest BCUT2D eigenvalue weighted by molar-refractivity contribution is 5.96. The SMILES string of the molecule is O=C(O)CCCCCNC(=O)CCC1Cc2ccccc2NC1=O. The minimum atomic E-state index is -0.786. The zero-order valence-corrected chi connectivity index (χ0v) is 13.7. The number of carbonyl (C=O) groups is 3. The second-order valence-electron chi connectivity index (χ2n) is 6.14. The molecule has 1 aromatic rings. The van der Waals surface area contributed by atoms with E-state index in [0.717, 1.165) is 24.1 Å². The third-order valence-corrected chi connectivity index (χ3v) is 4.22. The Kier molecular flexibility index (Phi) is 6.78. The first-order valence-corrected chi connectivity index (χ1v) is 8.43. The zero-order chi connectivity index (χ0) is 17.4. The van der Waals surface area contributed by atoms with Gasteiger partial charge in [0.05, 0.1) is 0 Å². The van der Waals surface area contributed by atoms with Crippen LogP contribution in [0.3, 0.4) is 0 Å². The summed E-state index contributed by atoms with van der Waals surface area (Å²) in [5.41, 5.74) is 1.98. The van der Waals surface area contributed by atoms with Gasteiger partial charge in [0.25, 0.3) is 0 Å². The molecular formula is C18H24N2O4. The first-order valence-electron chi connectivity index (χ1n) is 8.43. The van der Waals surface area contributed by atoms with Crippen molar-refractivity contribution in [2.45, 2.75) is 44.9 Å². The molecule has 1 unspecified atom stereocenters. The molecule has 1 aliphatic rings. The van der Waals surface area contributed by atoms with Crippen molar-refractivity contribution in [3.63, 3.8) is 0 Å². The number of hydrogen-bond donors (Lipinski definition) is 3. The summed E-state index contributed by atoms with van der Waals surface area (Å²) < 4.78 is 0. The van der Waals surface area contributed by atoms with Crippen molar-refractivity contribution in [2.24, 2.45) is 5.92 Å². The number of nitrogens with one attached hydrogen (secondary N) is 2. The van der Waals surface area contributed by atoms with Crippen molar-refractivity contribution >= 4 is 23.5 Å². The number of aliphatic carboxylic acids is 1.